The number of carboxylic acids is 1. The first-order valence-corrected chi connectivity index (χ1v) is 7.49. The first kappa shape index (κ1) is 16.8. The fourth-order valence-electron chi connectivity index (χ4n) is 3.09. The van der Waals surface area contributed by atoms with E-state index in [0.29, 0.717) is 5.56 Å². The number of nitrogens with zero attached hydrogens (tertiary/aromatic N) is 2. The molecule has 1 aliphatic rings. The molecular formula is C16H22F2N2O2. The summed E-state index contributed by atoms with van der Waals surface area (Å²) in [6.45, 7) is 3.49. The van der Waals surface area contributed by atoms with Crippen molar-refractivity contribution in [3.05, 3.63) is 35.4 Å². The Kier molecular flexibility index (Phi) is 5.47. The van der Waals surface area contributed by atoms with Gasteiger partial charge in [-0.05, 0) is 32.9 Å². The minimum absolute atomic E-state index is 0.0345. The second-order valence-electron chi connectivity index (χ2n) is 5.92. The van der Waals surface area contributed by atoms with Crippen molar-refractivity contribution in [3.63, 3.8) is 0 Å². The van der Waals surface area contributed by atoms with Crippen LogP contribution in [0, 0.1) is 11.6 Å². The summed E-state index contributed by atoms with van der Waals surface area (Å²) in [4.78, 5) is 14.8. The predicted molar refractivity (Wildman–Crippen MR) is 79.6 cm³/mol. The van der Waals surface area contributed by atoms with Gasteiger partial charge in [0.2, 0.25) is 0 Å². The molecule has 1 saturated heterocycles. The van der Waals surface area contributed by atoms with Gasteiger partial charge in [-0.2, -0.15) is 0 Å². The van der Waals surface area contributed by atoms with Gasteiger partial charge in [0, 0.05) is 36.8 Å². The van der Waals surface area contributed by atoms with E-state index in [4.69, 9.17) is 5.11 Å². The Labute approximate surface area is 129 Å². The Bertz CT molecular complexity index is 531. The van der Waals surface area contributed by atoms with E-state index in [1.165, 1.54) is 12.1 Å². The van der Waals surface area contributed by atoms with Crippen LogP contribution in [0.25, 0.3) is 0 Å². The molecule has 1 N–H and O–H groups in total. The Balaban J connectivity index is 1.94. The van der Waals surface area contributed by atoms with Crippen molar-refractivity contribution in [2.45, 2.75) is 31.8 Å². The van der Waals surface area contributed by atoms with Crippen LogP contribution in [0.1, 0.15) is 31.4 Å². The van der Waals surface area contributed by atoms with Gasteiger partial charge in [0.05, 0.1) is 6.54 Å². The van der Waals surface area contributed by atoms with Crippen LogP contribution in [-0.4, -0.2) is 53.6 Å². The van der Waals surface area contributed by atoms with E-state index >= 15 is 0 Å². The van der Waals surface area contributed by atoms with Crippen LogP contribution in [0.5, 0.6) is 0 Å². The van der Waals surface area contributed by atoms with Gasteiger partial charge in [-0.1, -0.05) is 6.07 Å². The molecule has 4 nitrogen and oxygen atoms in total. The zero-order valence-electron chi connectivity index (χ0n) is 12.9. The number of carbonyl (C=O) groups is 1. The smallest absolute Gasteiger partial charge is 0.317 e. The van der Waals surface area contributed by atoms with Gasteiger partial charge in [-0.3, -0.25) is 14.6 Å². The summed E-state index contributed by atoms with van der Waals surface area (Å²) < 4.78 is 26.9. The predicted octanol–water partition coefficient (Wildman–Crippen LogP) is 2.51. The van der Waals surface area contributed by atoms with E-state index in [9.17, 15) is 13.6 Å². The Morgan fingerprint density at radius 1 is 1.41 bits per heavy atom. The van der Waals surface area contributed by atoms with Crippen LogP contribution in [-0.2, 0) is 4.79 Å². The van der Waals surface area contributed by atoms with Gasteiger partial charge in [0.25, 0.3) is 0 Å². The molecule has 1 heterocycles. The maximum Gasteiger partial charge on any atom is 0.317 e. The van der Waals surface area contributed by atoms with Crippen LogP contribution in [0.3, 0.4) is 0 Å². The van der Waals surface area contributed by atoms with Crippen molar-refractivity contribution in [2.75, 3.05) is 26.7 Å². The molecule has 0 aromatic heterocycles. The third kappa shape index (κ3) is 4.01. The molecule has 0 bridgehead atoms. The number of likely N-dealkylation sites (tertiary alicyclic amines) is 1. The van der Waals surface area contributed by atoms with Gasteiger partial charge in [0.1, 0.15) is 11.6 Å². The van der Waals surface area contributed by atoms with Gasteiger partial charge in [0.15, 0.2) is 0 Å². The summed E-state index contributed by atoms with van der Waals surface area (Å²) in [5.41, 5.74) is 0.499. The molecule has 22 heavy (non-hydrogen) atoms. The third-order valence-corrected chi connectivity index (χ3v) is 4.47. The second kappa shape index (κ2) is 7.15. The maximum absolute atomic E-state index is 13.9. The average Bonchev–Trinajstić information content (AvgIpc) is 2.46. The van der Waals surface area contributed by atoms with Gasteiger partial charge < -0.3 is 5.11 Å². The minimum Gasteiger partial charge on any atom is -0.480 e. The monoisotopic (exact) mass is 312 g/mol. The molecule has 1 atom stereocenters. The first-order valence-electron chi connectivity index (χ1n) is 7.49. The fraction of sp³-hybridized carbons (Fsp3) is 0.562. The molecule has 2 rings (SSSR count). The number of likely N-dealkylation sites (N-methyl/N-ethyl adjacent to an activating group) is 1. The van der Waals surface area contributed by atoms with Crippen molar-refractivity contribution in [3.8, 4) is 0 Å². The zero-order valence-corrected chi connectivity index (χ0v) is 12.9. The molecule has 0 saturated carbocycles. The SMILES string of the molecule is CC(c1ccc(F)cc1F)N1CCC(N(C)CC(=O)O)CC1. The Hall–Kier alpha value is -1.53. The topological polar surface area (TPSA) is 43.8 Å². The van der Waals surface area contributed by atoms with Gasteiger partial charge in [-0.25, -0.2) is 8.78 Å². The number of piperidine rings is 1. The molecule has 1 aromatic rings. The highest BCUT2D eigenvalue weighted by Crippen LogP contribution is 2.27. The lowest BCUT2D eigenvalue weighted by atomic mass is 9.99. The normalized spacial score (nSPS) is 18.6. The number of hydrogen-bond acceptors (Lipinski definition) is 3. The molecule has 0 amide bonds. The standard InChI is InChI=1S/C16H22F2N2O2/c1-11(14-4-3-12(17)9-15(14)18)20-7-5-13(6-8-20)19(2)10-16(21)22/h3-4,9,11,13H,5-8,10H2,1-2H3,(H,21,22). The summed E-state index contributed by atoms with van der Waals surface area (Å²) in [6.07, 6.45) is 1.69. The van der Waals surface area contributed by atoms with E-state index < -0.39 is 17.6 Å². The molecule has 1 fully saturated rings. The molecule has 122 valence electrons. The Morgan fingerprint density at radius 3 is 2.59 bits per heavy atom. The van der Waals surface area contributed by atoms with E-state index in [0.717, 1.165) is 32.0 Å². The van der Waals surface area contributed by atoms with Crippen molar-refractivity contribution < 1.29 is 18.7 Å². The van der Waals surface area contributed by atoms with Crippen molar-refractivity contribution in [1.82, 2.24) is 9.80 Å². The Morgan fingerprint density at radius 2 is 2.05 bits per heavy atom. The maximum atomic E-state index is 13.9. The first-order chi connectivity index (χ1) is 10.4. The highest BCUT2D eigenvalue weighted by Gasteiger charge is 2.27. The number of rotatable bonds is 5. The van der Waals surface area contributed by atoms with E-state index in [2.05, 4.69) is 4.90 Å². The van der Waals surface area contributed by atoms with E-state index in [1.54, 1.807) is 0 Å². The molecule has 1 aromatic carbocycles. The van der Waals surface area contributed by atoms with Crippen molar-refractivity contribution >= 4 is 5.97 Å². The number of hydrogen-bond donors (Lipinski definition) is 1. The summed E-state index contributed by atoms with van der Waals surface area (Å²) in [6, 6.07) is 3.81. The van der Waals surface area contributed by atoms with Crippen molar-refractivity contribution in [2.24, 2.45) is 0 Å². The van der Waals surface area contributed by atoms with Gasteiger partial charge >= 0.3 is 5.97 Å². The fourth-order valence-corrected chi connectivity index (χ4v) is 3.09. The highest BCUT2D eigenvalue weighted by molar-refractivity contribution is 5.69. The molecular weight excluding hydrogens is 290 g/mol. The minimum atomic E-state index is -0.827. The lowest BCUT2D eigenvalue weighted by Crippen LogP contribution is -2.45. The zero-order chi connectivity index (χ0) is 16.3. The lowest BCUT2D eigenvalue weighted by Gasteiger charge is -2.39. The van der Waals surface area contributed by atoms with Crippen LogP contribution in [0.4, 0.5) is 8.78 Å². The molecule has 1 aliphatic heterocycles. The van der Waals surface area contributed by atoms with Crippen LogP contribution in [0.15, 0.2) is 18.2 Å². The summed E-state index contributed by atoms with van der Waals surface area (Å²) in [7, 11) is 1.82. The van der Waals surface area contributed by atoms with Crippen LogP contribution in [0.2, 0.25) is 0 Å². The van der Waals surface area contributed by atoms with Crippen molar-refractivity contribution in [1.29, 1.82) is 0 Å². The van der Waals surface area contributed by atoms with Crippen LogP contribution >= 0.6 is 0 Å². The van der Waals surface area contributed by atoms with Crippen LogP contribution < -0.4 is 0 Å². The van der Waals surface area contributed by atoms with E-state index in [1.807, 2.05) is 18.9 Å². The van der Waals surface area contributed by atoms with Gasteiger partial charge in [-0.15, -0.1) is 0 Å². The lowest BCUT2D eigenvalue weighted by molar-refractivity contribution is -0.138. The average molecular weight is 312 g/mol. The molecule has 0 spiro atoms. The molecule has 0 aliphatic carbocycles. The molecule has 6 heteroatoms. The summed E-state index contributed by atoms with van der Waals surface area (Å²) in [5, 5.41) is 8.83. The summed E-state index contributed by atoms with van der Waals surface area (Å²) >= 11 is 0. The number of aliphatic carboxylic acids is 1. The molecule has 1 unspecified atom stereocenters. The number of halogens is 2. The quantitative estimate of drug-likeness (QED) is 0.907. The molecule has 0 radical (unpaired) electrons. The second-order valence-corrected chi connectivity index (χ2v) is 5.92. The number of benzene rings is 1. The third-order valence-electron chi connectivity index (χ3n) is 4.47. The van der Waals surface area contributed by atoms with E-state index in [-0.39, 0.29) is 18.6 Å². The highest BCUT2D eigenvalue weighted by atomic mass is 19.1. The number of carboxylic acid groups (broad SMARTS) is 1. The summed E-state index contributed by atoms with van der Waals surface area (Å²) in [5.74, 6) is -1.91. The largest absolute Gasteiger partial charge is 0.480 e.